The second-order valence-electron chi connectivity index (χ2n) is 8.54. The van der Waals surface area contributed by atoms with Crippen molar-refractivity contribution < 1.29 is 0 Å². The van der Waals surface area contributed by atoms with Crippen LogP contribution < -0.4 is 0 Å². The summed E-state index contributed by atoms with van der Waals surface area (Å²) in [7, 11) is 0. The Labute approximate surface area is 153 Å². The summed E-state index contributed by atoms with van der Waals surface area (Å²) in [6.07, 6.45) is 5.20. The lowest BCUT2D eigenvalue weighted by atomic mass is 9.73. The smallest absolute Gasteiger partial charge is 0.127 e. The van der Waals surface area contributed by atoms with Crippen molar-refractivity contribution in [2.45, 2.75) is 58.9 Å². The van der Waals surface area contributed by atoms with E-state index in [0.29, 0.717) is 11.3 Å². The Morgan fingerprint density at radius 3 is 2.68 bits per heavy atom. The van der Waals surface area contributed by atoms with Crippen molar-refractivity contribution in [1.29, 1.82) is 5.26 Å². The Bertz CT molecular complexity index is 816. The number of aromatic nitrogens is 2. The zero-order chi connectivity index (χ0) is 17.6. The molecule has 1 aliphatic carbocycles. The number of hydrogen-bond acceptors (Lipinski definition) is 5. The lowest BCUT2D eigenvalue weighted by Crippen LogP contribution is -2.45. The molecule has 132 valence electrons. The lowest BCUT2D eigenvalue weighted by molar-refractivity contribution is 0.125. The van der Waals surface area contributed by atoms with Gasteiger partial charge in [-0.05, 0) is 50.0 Å². The highest BCUT2D eigenvalue weighted by atomic mass is 32.1. The molecule has 0 amide bonds. The fourth-order valence-corrected chi connectivity index (χ4v) is 5.38. The number of nitriles is 1. The normalized spacial score (nSPS) is 22.0. The first-order valence-electron chi connectivity index (χ1n) is 9.32. The summed E-state index contributed by atoms with van der Waals surface area (Å²) in [4.78, 5) is 14.4. The Kier molecular flexibility index (Phi) is 4.29. The third-order valence-corrected chi connectivity index (χ3v) is 7.05. The topological polar surface area (TPSA) is 52.8 Å². The maximum absolute atomic E-state index is 8.97. The molecule has 2 aliphatic rings. The van der Waals surface area contributed by atoms with Gasteiger partial charge in [-0.3, -0.25) is 4.90 Å². The zero-order valence-corrected chi connectivity index (χ0v) is 16.2. The molecule has 0 unspecified atom stereocenters. The number of thiophene rings is 1. The van der Waals surface area contributed by atoms with Crippen LogP contribution in [0.1, 0.15) is 61.8 Å². The maximum atomic E-state index is 8.97. The Morgan fingerprint density at radius 1 is 1.28 bits per heavy atom. The summed E-state index contributed by atoms with van der Waals surface area (Å²) in [6, 6.07) is 4.71. The van der Waals surface area contributed by atoms with E-state index in [1.165, 1.54) is 35.9 Å². The molecule has 0 atom stereocenters. The predicted molar refractivity (Wildman–Crippen MR) is 102 cm³/mol. The van der Waals surface area contributed by atoms with Crippen LogP contribution in [-0.4, -0.2) is 28.0 Å². The van der Waals surface area contributed by atoms with E-state index in [-0.39, 0.29) is 5.92 Å². The van der Waals surface area contributed by atoms with Gasteiger partial charge in [0, 0.05) is 29.9 Å². The van der Waals surface area contributed by atoms with E-state index in [0.717, 1.165) is 36.0 Å². The van der Waals surface area contributed by atoms with Gasteiger partial charge in [0.15, 0.2) is 0 Å². The van der Waals surface area contributed by atoms with Crippen LogP contribution in [0.15, 0.2) is 6.07 Å². The summed E-state index contributed by atoms with van der Waals surface area (Å²) < 4.78 is 0. The molecular weight excluding hydrogens is 328 g/mol. The van der Waals surface area contributed by atoms with Gasteiger partial charge in [-0.15, -0.1) is 11.3 Å². The van der Waals surface area contributed by atoms with Crippen LogP contribution in [0.2, 0.25) is 0 Å². The van der Waals surface area contributed by atoms with E-state index in [4.69, 9.17) is 15.2 Å². The van der Waals surface area contributed by atoms with E-state index in [1.54, 1.807) is 0 Å². The molecule has 2 fully saturated rings. The van der Waals surface area contributed by atoms with Gasteiger partial charge in [-0.2, -0.15) is 5.26 Å². The van der Waals surface area contributed by atoms with Crippen molar-refractivity contribution in [3.8, 4) is 6.07 Å². The van der Waals surface area contributed by atoms with E-state index in [1.807, 2.05) is 18.3 Å². The fourth-order valence-electron chi connectivity index (χ4n) is 4.12. The van der Waals surface area contributed by atoms with Gasteiger partial charge >= 0.3 is 0 Å². The van der Waals surface area contributed by atoms with E-state index in [2.05, 4.69) is 30.9 Å². The molecule has 1 saturated carbocycles. The largest absolute Gasteiger partial charge is 0.295 e. The van der Waals surface area contributed by atoms with Crippen molar-refractivity contribution in [3.63, 3.8) is 0 Å². The molecule has 1 aliphatic heterocycles. The molecular formula is C20H26N4S. The van der Waals surface area contributed by atoms with Crippen LogP contribution in [0.4, 0.5) is 0 Å². The van der Waals surface area contributed by atoms with Gasteiger partial charge < -0.3 is 0 Å². The van der Waals surface area contributed by atoms with Crippen molar-refractivity contribution in [2.75, 3.05) is 13.1 Å². The van der Waals surface area contributed by atoms with Gasteiger partial charge in [-0.25, -0.2) is 9.97 Å². The molecule has 2 aromatic heterocycles. The highest BCUT2D eigenvalue weighted by molar-refractivity contribution is 7.18. The molecule has 0 N–H and O–H groups in total. The van der Waals surface area contributed by atoms with Crippen LogP contribution in [0.25, 0.3) is 10.2 Å². The Balaban J connectivity index is 1.58. The van der Waals surface area contributed by atoms with Crippen LogP contribution in [0.5, 0.6) is 0 Å². The number of aryl methyl sites for hydroxylation is 1. The molecule has 0 aromatic carbocycles. The van der Waals surface area contributed by atoms with Gasteiger partial charge in [-0.1, -0.05) is 13.8 Å². The highest BCUT2D eigenvalue weighted by Gasteiger charge is 2.30. The third-order valence-electron chi connectivity index (χ3n) is 5.86. The molecule has 4 rings (SSSR count). The molecule has 4 nitrogen and oxygen atoms in total. The summed E-state index contributed by atoms with van der Waals surface area (Å²) >= 11 is 1.87. The minimum absolute atomic E-state index is 0.196. The quantitative estimate of drug-likeness (QED) is 0.806. The van der Waals surface area contributed by atoms with Crippen LogP contribution in [0.3, 0.4) is 0 Å². The van der Waals surface area contributed by atoms with Gasteiger partial charge in [0.05, 0.1) is 17.7 Å². The molecule has 0 radical (unpaired) electrons. The van der Waals surface area contributed by atoms with Crippen molar-refractivity contribution in [1.82, 2.24) is 14.9 Å². The zero-order valence-electron chi connectivity index (χ0n) is 15.4. The average molecular weight is 355 g/mol. The van der Waals surface area contributed by atoms with Gasteiger partial charge in [0.25, 0.3) is 0 Å². The van der Waals surface area contributed by atoms with Crippen molar-refractivity contribution in [2.24, 2.45) is 11.3 Å². The first-order valence-corrected chi connectivity index (χ1v) is 10.1. The number of fused-ring (bicyclic) bond motifs is 1. The summed E-state index contributed by atoms with van der Waals surface area (Å²) in [5.74, 6) is 1.74. The van der Waals surface area contributed by atoms with E-state index < -0.39 is 0 Å². The second-order valence-corrected chi connectivity index (χ2v) is 9.61. The van der Waals surface area contributed by atoms with Crippen LogP contribution in [-0.2, 0) is 6.54 Å². The summed E-state index contributed by atoms with van der Waals surface area (Å²) in [5.41, 5.74) is 1.64. The number of nitrogens with zero attached hydrogens (tertiary/aromatic N) is 4. The minimum Gasteiger partial charge on any atom is -0.295 e. The molecule has 25 heavy (non-hydrogen) atoms. The van der Waals surface area contributed by atoms with Crippen LogP contribution in [0, 0.1) is 29.6 Å². The Morgan fingerprint density at radius 2 is 2.00 bits per heavy atom. The molecule has 2 aromatic rings. The highest BCUT2D eigenvalue weighted by Crippen LogP contribution is 2.45. The van der Waals surface area contributed by atoms with Crippen molar-refractivity contribution in [3.05, 3.63) is 22.5 Å². The third kappa shape index (κ3) is 3.43. The summed E-state index contributed by atoms with van der Waals surface area (Å²) in [6.45, 7) is 9.35. The second kappa shape index (κ2) is 6.34. The van der Waals surface area contributed by atoms with Gasteiger partial charge in [0.1, 0.15) is 10.7 Å². The monoisotopic (exact) mass is 354 g/mol. The number of hydrogen-bond donors (Lipinski definition) is 0. The first-order chi connectivity index (χ1) is 11.9. The molecule has 3 heterocycles. The average Bonchev–Trinajstić information content (AvgIpc) is 2.93. The fraction of sp³-hybridized carbons (Fsp3) is 0.650. The summed E-state index contributed by atoms with van der Waals surface area (Å²) in [5, 5.41) is 10.2. The molecule has 0 bridgehead atoms. The molecule has 5 heteroatoms. The van der Waals surface area contributed by atoms with E-state index >= 15 is 0 Å². The first kappa shape index (κ1) is 16.9. The van der Waals surface area contributed by atoms with Crippen molar-refractivity contribution >= 4 is 21.6 Å². The Hall–Kier alpha value is -1.51. The number of rotatable bonds is 3. The number of likely N-dealkylation sites (tertiary alicyclic amines) is 1. The minimum atomic E-state index is 0.196. The standard InChI is InChI=1S/C20H26N4S/c1-13-22-17(12-24-10-14(9-21)11-24)16-8-18(25-19(16)23-13)15-4-6-20(2,3)7-5-15/h8,14-15H,4-7,10-12H2,1-3H3. The SMILES string of the molecule is Cc1nc(CN2CC(C#N)C2)c2cc(C3CCC(C)(C)CC3)sc2n1. The maximum Gasteiger partial charge on any atom is 0.127 e. The van der Waals surface area contributed by atoms with E-state index in [9.17, 15) is 0 Å². The molecule has 0 spiro atoms. The predicted octanol–water partition coefficient (Wildman–Crippen LogP) is 4.64. The van der Waals surface area contributed by atoms with Gasteiger partial charge in [0.2, 0.25) is 0 Å². The lowest BCUT2D eigenvalue weighted by Gasteiger charge is -2.34. The molecule has 1 saturated heterocycles. The van der Waals surface area contributed by atoms with Crippen LogP contribution >= 0.6 is 11.3 Å².